The standard InChI is InChI=1S/C25H21F2N3O4S/c1-16-6-2-4-8-19(16)30-23(32)21(14-17-7-3-5-9-20(17)34-25(26)27)35-24(30)18(15-28)22(31)29-10-12-33-13-11-29/h2-9,14,25H,10-13H2,1H3/b21-14+,24-18-. The molecule has 0 aliphatic carbocycles. The first kappa shape index (κ1) is 24.3. The molecule has 1 aliphatic heterocycles. The summed E-state index contributed by atoms with van der Waals surface area (Å²) in [5, 5.41) is 9.97. The van der Waals surface area contributed by atoms with Crippen LogP contribution in [0.5, 0.6) is 5.75 Å². The number of carbonyl (C=O) groups excluding carboxylic acids is 1. The van der Waals surface area contributed by atoms with Crippen LogP contribution in [0.25, 0.3) is 17.3 Å². The van der Waals surface area contributed by atoms with Gasteiger partial charge in [0.05, 0.1) is 23.4 Å². The van der Waals surface area contributed by atoms with Crippen LogP contribution in [-0.2, 0) is 9.53 Å². The SMILES string of the molecule is Cc1ccccc1-n1c(=O)/c(=C\c2ccccc2OC(F)F)s/c1=C(/C#N)C(=O)N1CCOCC1. The van der Waals surface area contributed by atoms with Crippen LogP contribution < -0.4 is 19.5 Å². The fourth-order valence-corrected chi connectivity index (χ4v) is 4.82. The van der Waals surface area contributed by atoms with Crippen molar-refractivity contribution in [3.05, 3.63) is 79.2 Å². The van der Waals surface area contributed by atoms with E-state index in [9.17, 15) is 23.6 Å². The van der Waals surface area contributed by atoms with E-state index in [4.69, 9.17) is 4.74 Å². The van der Waals surface area contributed by atoms with E-state index in [1.165, 1.54) is 21.6 Å². The molecule has 0 unspecified atom stereocenters. The number of halogens is 2. The molecule has 2 aromatic carbocycles. The Morgan fingerprint density at radius 3 is 2.54 bits per heavy atom. The van der Waals surface area contributed by atoms with Crippen molar-refractivity contribution >= 4 is 28.9 Å². The topological polar surface area (TPSA) is 84.6 Å². The molecule has 7 nitrogen and oxygen atoms in total. The van der Waals surface area contributed by atoms with Crippen molar-refractivity contribution < 1.29 is 23.0 Å². The van der Waals surface area contributed by atoms with Crippen LogP contribution in [0.3, 0.4) is 0 Å². The van der Waals surface area contributed by atoms with E-state index in [0.717, 1.165) is 16.9 Å². The van der Waals surface area contributed by atoms with E-state index in [1.54, 1.807) is 30.3 Å². The van der Waals surface area contributed by atoms with Crippen molar-refractivity contribution in [1.82, 2.24) is 9.47 Å². The third-order valence-corrected chi connectivity index (χ3v) is 6.53. The van der Waals surface area contributed by atoms with Gasteiger partial charge in [-0.1, -0.05) is 36.4 Å². The molecule has 1 aromatic heterocycles. The van der Waals surface area contributed by atoms with Crippen molar-refractivity contribution in [3.8, 4) is 17.5 Å². The molecule has 4 rings (SSSR count). The molecule has 180 valence electrons. The summed E-state index contributed by atoms with van der Waals surface area (Å²) in [5.41, 5.74) is 0.899. The van der Waals surface area contributed by atoms with E-state index < -0.39 is 18.1 Å². The van der Waals surface area contributed by atoms with Crippen LogP contribution in [0.15, 0.2) is 53.3 Å². The van der Waals surface area contributed by atoms with E-state index >= 15 is 0 Å². The zero-order valence-corrected chi connectivity index (χ0v) is 19.6. The summed E-state index contributed by atoms with van der Waals surface area (Å²) in [6.45, 7) is 0.173. The fourth-order valence-electron chi connectivity index (χ4n) is 3.74. The highest BCUT2D eigenvalue weighted by Crippen LogP contribution is 2.21. The summed E-state index contributed by atoms with van der Waals surface area (Å²) in [6.07, 6.45) is 1.43. The van der Waals surface area contributed by atoms with E-state index in [0.29, 0.717) is 32.0 Å². The molecule has 35 heavy (non-hydrogen) atoms. The van der Waals surface area contributed by atoms with Gasteiger partial charge in [0.25, 0.3) is 11.5 Å². The first-order valence-corrected chi connectivity index (χ1v) is 11.6. The molecule has 3 aromatic rings. The number of hydrogen-bond donors (Lipinski definition) is 0. The Balaban J connectivity index is 2.00. The molecule has 1 aliphatic rings. The number of nitriles is 1. The molecule has 0 saturated carbocycles. The van der Waals surface area contributed by atoms with Gasteiger partial charge >= 0.3 is 6.61 Å². The summed E-state index contributed by atoms with van der Waals surface area (Å²) in [7, 11) is 0. The largest absolute Gasteiger partial charge is 0.434 e. The molecule has 0 radical (unpaired) electrons. The maximum atomic E-state index is 13.6. The summed E-state index contributed by atoms with van der Waals surface area (Å²) in [4.78, 5) is 28.3. The molecule has 1 saturated heterocycles. The molecular formula is C25H21F2N3O4S. The minimum Gasteiger partial charge on any atom is -0.434 e. The van der Waals surface area contributed by atoms with Gasteiger partial charge in [0.1, 0.15) is 16.5 Å². The number of nitrogens with zero attached hydrogens (tertiary/aromatic N) is 3. The Kier molecular flexibility index (Phi) is 7.39. The highest BCUT2D eigenvalue weighted by Gasteiger charge is 2.24. The lowest BCUT2D eigenvalue weighted by Crippen LogP contribution is -2.42. The number of morpholine rings is 1. The first-order valence-electron chi connectivity index (χ1n) is 10.8. The van der Waals surface area contributed by atoms with Crippen molar-refractivity contribution in [2.75, 3.05) is 26.3 Å². The Bertz CT molecular complexity index is 1470. The predicted octanol–water partition coefficient (Wildman–Crippen LogP) is 2.17. The lowest BCUT2D eigenvalue weighted by atomic mass is 10.2. The number of carbonyl (C=O) groups is 1. The molecule has 10 heteroatoms. The van der Waals surface area contributed by atoms with Crippen LogP contribution in [0, 0.1) is 18.3 Å². The predicted molar refractivity (Wildman–Crippen MR) is 127 cm³/mol. The number of thiazole rings is 1. The fraction of sp³-hybridized carbons (Fsp3) is 0.240. The maximum absolute atomic E-state index is 13.6. The number of amides is 1. The zero-order valence-electron chi connectivity index (χ0n) is 18.7. The normalized spacial score (nSPS) is 15.2. The third-order valence-electron chi connectivity index (χ3n) is 5.44. The molecule has 2 heterocycles. The van der Waals surface area contributed by atoms with E-state index in [-0.39, 0.29) is 26.1 Å². The zero-order chi connectivity index (χ0) is 24.9. The molecule has 0 N–H and O–H groups in total. The second-order valence-corrected chi connectivity index (χ2v) is 8.68. The lowest BCUT2D eigenvalue weighted by Gasteiger charge is -2.26. The number of hydrogen-bond acceptors (Lipinski definition) is 6. The molecular weight excluding hydrogens is 476 g/mol. The Morgan fingerprint density at radius 2 is 1.86 bits per heavy atom. The van der Waals surface area contributed by atoms with Crippen molar-refractivity contribution in [3.63, 3.8) is 0 Å². The first-order chi connectivity index (χ1) is 16.9. The minimum absolute atomic E-state index is 0.0897. The van der Waals surface area contributed by atoms with Gasteiger partial charge in [0.15, 0.2) is 5.57 Å². The number of rotatable bonds is 5. The van der Waals surface area contributed by atoms with Crippen molar-refractivity contribution in [2.45, 2.75) is 13.5 Å². The summed E-state index contributed by atoms with van der Waals surface area (Å²) in [5.74, 6) is -0.583. The van der Waals surface area contributed by atoms with Crippen LogP contribution in [0.1, 0.15) is 11.1 Å². The average molecular weight is 498 g/mol. The van der Waals surface area contributed by atoms with Gasteiger partial charge in [0.2, 0.25) is 0 Å². The summed E-state index contributed by atoms with van der Waals surface area (Å²) >= 11 is 0.951. The second-order valence-electron chi connectivity index (χ2n) is 7.65. The lowest BCUT2D eigenvalue weighted by molar-refractivity contribution is -0.128. The molecule has 1 fully saturated rings. The van der Waals surface area contributed by atoms with E-state index in [2.05, 4.69) is 4.74 Å². The van der Waals surface area contributed by atoms with Gasteiger partial charge in [0, 0.05) is 18.7 Å². The van der Waals surface area contributed by atoms with Gasteiger partial charge < -0.3 is 14.4 Å². The monoisotopic (exact) mass is 497 g/mol. The van der Waals surface area contributed by atoms with Crippen LogP contribution in [0.4, 0.5) is 8.78 Å². The number of alkyl halides is 2. The Morgan fingerprint density at radius 1 is 1.17 bits per heavy atom. The van der Waals surface area contributed by atoms with Crippen molar-refractivity contribution in [1.29, 1.82) is 5.26 Å². The van der Waals surface area contributed by atoms with Gasteiger partial charge in [-0.2, -0.15) is 14.0 Å². The number of benzene rings is 2. The highest BCUT2D eigenvalue weighted by molar-refractivity contribution is 7.07. The molecule has 1 amide bonds. The van der Waals surface area contributed by atoms with Crippen LogP contribution in [0.2, 0.25) is 0 Å². The third kappa shape index (κ3) is 5.16. The highest BCUT2D eigenvalue weighted by atomic mass is 32.1. The minimum atomic E-state index is -3.03. The summed E-state index contributed by atoms with van der Waals surface area (Å²) in [6, 6.07) is 15.2. The van der Waals surface area contributed by atoms with Gasteiger partial charge in [-0.3, -0.25) is 14.2 Å². The summed E-state index contributed by atoms with van der Waals surface area (Å²) < 4.78 is 37.3. The number of para-hydroxylation sites is 2. The smallest absolute Gasteiger partial charge is 0.387 e. The Labute approximate surface area is 203 Å². The van der Waals surface area contributed by atoms with Crippen LogP contribution >= 0.6 is 11.3 Å². The molecule has 0 atom stereocenters. The van der Waals surface area contributed by atoms with E-state index in [1.807, 2.05) is 25.1 Å². The number of ether oxygens (including phenoxy) is 2. The number of aromatic nitrogens is 1. The number of aryl methyl sites for hydroxylation is 1. The maximum Gasteiger partial charge on any atom is 0.387 e. The Hall–Kier alpha value is -3.81. The van der Waals surface area contributed by atoms with Crippen molar-refractivity contribution in [2.24, 2.45) is 0 Å². The average Bonchev–Trinajstić information content (AvgIpc) is 3.16. The molecule has 0 spiro atoms. The van der Waals surface area contributed by atoms with Gasteiger partial charge in [-0.25, -0.2) is 0 Å². The van der Waals surface area contributed by atoms with Gasteiger partial charge in [-0.05, 0) is 30.7 Å². The molecule has 0 bridgehead atoms. The van der Waals surface area contributed by atoms with Crippen LogP contribution in [-0.4, -0.2) is 48.3 Å². The quantitative estimate of drug-likeness (QED) is 0.540. The second kappa shape index (κ2) is 10.6. The van der Waals surface area contributed by atoms with Gasteiger partial charge in [-0.15, -0.1) is 11.3 Å².